The summed E-state index contributed by atoms with van der Waals surface area (Å²) in [7, 11) is 3.15. The average molecular weight is 534 g/mol. The van der Waals surface area contributed by atoms with Crippen molar-refractivity contribution in [3.8, 4) is 17.6 Å². The standard InChI is InChI=1S/C29H29N3O7/c1-16(12-26(35)31-11-10-19-6-8-24(37-4)25(13-19)38-5)20-7-9-23-21(14-20)27(28(39-23)18(3)34)32-29(36)22(15-30)17(2)33/h6-9,12-14,33H,10-11H2,1-5H3,(H,31,35)(H,32,36)/p+2/b16-12+,22-17-. The van der Waals surface area contributed by atoms with Gasteiger partial charge in [-0.25, -0.2) is 15.1 Å². The lowest BCUT2D eigenvalue weighted by atomic mass is 10.0. The van der Waals surface area contributed by atoms with Crippen molar-refractivity contribution in [3.05, 3.63) is 70.7 Å². The SMILES string of the molecule is COc1ccc(CC[NH+]=C(O)/C=C(\C)c2ccc3oc(C(C)=O)c([NH2+]C(=O)/C(C#N)=C(/C)O)c3c2)cc1OC. The molecule has 1 aromatic heterocycles. The Balaban J connectivity index is 1.86. The molecule has 5 N–H and O–H groups in total. The minimum atomic E-state index is -0.745. The Morgan fingerprint density at radius 1 is 1.08 bits per heavy atom. The van der Waals surface area contributed by atoms with Crippen LogP contribution in [0.2, 0.25) is 0 Å². The molecule has 3 rings (SSSR count). The number of ketones is 1. The van der Waals surface area contributed by atoms with E-state index in [1.54, 1.807) is 51.5 Å². The zero-order valence-electron chi connectivity index (χ0n) is 22.4. The van der Waals surface area contributed by atoms with Crippen LogP contribution >= 0.6 is 0 Å². The Kier molecular flexibility index (Phi) is 9.25. The molecular weight excluding hydrogens is 502 g/mol. The quantitative estimate of drug-likeness (QED) is 0.0772. The molecule has 0 aliphatic heterocycles. The number of nitriles is 1. The number of quaternary nitrogens is 1. The van der Waals surface area contributed by atoms with Crippen LogP contribution in [-0.2, 0) is 11.2 Å². The number of nitrogens with two attached hydrogens (primary N) is 1. The monoisotopic (exact) mass is 533 g/mol. The van der Waals surface area contributed by atoms with Crippen LogP contribution in [0.15, 0.2) is 58.2 Å². The third kappa shape index (κ3) is 6.71. The molecule has 10 nitrogen and oxygen atoms in total. The number of methoxy groups -OCH3 is 2. The Bertz CT molecular complexity index is 1550. The van der Waals surface area contributed by atoms with Gasteiger partial charge in [-0.2, -0.15) is 5.26 Å². The molecule has 1 heterocycles. The number of nitrogens with zero attached hydrogens (tertiary/aromatic N) is 1. The number of aliphatic hydroxyl groups excluding tert-OH is 2. The number of carbonyl (C=O) groups excluding carboxylic acids is 2. The number of benzene rings is 2. The number of amides is 1. The Labute approximate surface area is 225 Å². The van der Waals surface area contributed by atoms with E-state index in [9.17, 15) is 25.1 Å². The van der Waals surface area contributed by atoms with Crippen molar-refractivity contribution in [2.45, 2.75) is 27.2 Å². The maximum absolute atomic E-state index is 12.6. The molecule has 0 aliphatic carbocycles. The molecule has 3 aromatic rings. The van der Waals surface area contributed by atoms with Crippen molar-refractivity contribution >= 4 is 39.8 Å². The highest BCUT2D eigenvalue weighted by Gasteiger charge is 2.27. The summed E-state index contributed by atoms with van der Waals surface area (Å²) in [6.07, 6.45) is 2.20. The first-order chi connectivity index (χ1) is 18.6. The van der Waals surface area contributed by atoms with E-state index in [0.717, 1.165) is 10.9 Å². The summed E-state index contributed by atoms with van der Waals surface area (Å²) in [5, 5.41) is 30.9. The molecule has 0 atom stereocenters. The van der Waals surface area contributed by atoms with Crippen LogP contribution in [0.5, 0.6) is 11.5 Å². The van der Waals surface area contributed by atoms with Crippen LogP contribution in [0.1, 0.15) is 42.5 Å². The highest BCUT2D eigenvalue weighted by atomic mass is 16.5. The van der Waals surface area contributed by atoms with Gasteiger partial charge in [-0.3, -0.25) is 4.79 Å². The summed E-state index contributed by atoms with van der Waals surface area (Å²) in [4.78, 5) is 27.8. The lowest BCUT2D eigenvalue weighted by Gasteiger charge is -2.08. The predicted octanol–water partition coefficient (Wildman–Crippen LogP) is 2.41. The first-order valence-electron chi connectivity index (χ1n) is 12.0. The predicted molar refractivity (Wildman–Crippen MR) is 144 cm³/mol. The van der Waals surface area contributed by atoms with E-state index in [4.69, 9.17) is 13.9 Å². The summed E-state index contributed by atoms with van der Waals surface area (Å²) in [5.74, 6) is -0.351. The number of carbonyl (C=O) groups is 2. The van der Waals surface area contributed by atoms with E-state index < -0.39 is 23.0 Å². The van der Waals surface area contributed by atoms with Gasteiger partial charge in [0.15, 0.2) is 22.8 Å². The van der Waals surface area contributed by atoms with Crippen molar-refractivity contribution in [2.75, 3.05) is 20.8 Å². The molecule has 0 bridgehead atoms. The number of rotatable bonds is 10. The smallest absolute Gasteiger partial charge is 0.361 e. The molecule has 202 valence electrons. The number of hydrogen-bond donors (Lipinski definition) is 4. The molecular formula is C29H31N3O7+2. The van der Waals surface area contributed by atoms with Crippen LogP contribution in [0, 0.1) is 11.3 Å². The third-order valence-corrected chi connectivity index (χ3v) is 6.02. The minimum absolute atomic E-state index is 0.0312. The Morgan fingerprint density at radius 3 is 2.41 bits per heavy atom. The summed E-state index contributed by atoms with van der Waals surface area (Å²) in [6, 6.07) is 12.5. The molecule has 1 amide bonds. The molecule has 0 saturated carbocycles. The number of fused-ring (bicyclic) bond motifs is 1. The molecule has 0 saturated heterocycles. The fraction of sp³-hybridized carbons (Fsp3) is 0.241. The first-order valence-corrected chi connectivity index (χ1v) is 12.0. The van der Waals surface area contributed by atoms with Gasteiger partial charge in [0.1, 0.15) is 24.0 Å². The van der Waals surface area contributed by atoms with Gasteiger partial charge in [0.2, 0.25) is 11.5 Å². The second kappa shape index (κ2) is 12.6. The average Bonchev–Trinajstić information content (AvgIpc) is 3.26. The van der Waals surface area contributed by atoms with Gasteiger partial charge in [0.25, 0.3) is 0 Å². The maximum Gasteiger partial charge on any atom is 0.361 e. The number of ether oxygens (including phenoxy) is 2. The van der Waals surface area contributed by atoms with Gasteiger partial charge in [-0.15, -0.1) is 0 Å². The van der Waals surface area contributed by atoms with Crippen molar-refractivity contribution in [1.29, 1.82) is 5.26 Å². The number of Topliss-reactive ketones (excluding diaryl/α,β-unsaturated/α-hetero) is 1. The van der Waals surface area contributed by atoms with Gasteiger partial charge in [-0.05, 0) is 54.8 Å². The number of primary amides is 1. The summed E-state index contributed by atoms with van der Waals surface area (Å²) < 4.78 is 16.3. The Morgan fingerprint density at radius 2 is 1.79 bits per heavy atom. The second-order valence-corrected chi connectivity index (χ2v) is 8.77. The molecule has 39 heavy (non-hydrogen) atoms. The lowest BCUT2D eigenvalue weighted by molar-refractivity contribution is -0.478. The lowest BCUT2D eigenvalue weighted by Crippen LogP contribution is -2.83. The number of allylic oxidation sites excluding steroid dienone is 2. The molecule has 10 heteroatoms. The zero-order chi connectivity index (χ0) is 28.7. The van der Waals surface area contributed by atoms with Crippen molar-refractivity contribution in [1.82, 2.24) is 0 Å². The number of nitrogens with one attached hydrogen (secondary N) is 1. The third-order valence-electron chi connectivity index (χ3n) is 6.02. The minimum Gasteiger partial charge on any atom is -0.511 e. The van der Waals surface area contributed by atoms with Crippen LogP contribution in [0.25, 0.3) is 16.5 Å². The molecule has 0 spiro atoms. The van der Waals surface area contributed by atoms with Crippen molar-refractivity contribution in [2.24, 2.45) is 0 Å². The molecule has 0 unspecified atom stereocenters. The van der Waals surface area contributed by atoms with Gasteiger partial charge < -0.3 is 24.1 Å². The highest BCUT2D eigenvalue weighted by Crippen LogP contribution is 2.31. The summed E-state index contributed by atoms with van der Waals surface area (Å²) >= 11 is 0. The van der Waals surface area contributed by atoms with Crippen LogP contribution < -0.4 is 19.8 Å². The van der Waals surface area contributed by atoms with E-state index >= 15 is 0 Å². The summed E-state index contributed by atoms with van der Waals surface area (Å²) in [6.45, 7) is 4.82. The van der Waals surface area contributed by atoms with E-state index in [-0.39, 0.29) is 17.3 Å². The van der Waals surface area contributed by atoms with Gasteiger partial charge in [0.05, 0.1) is 25.7 Å². The normalized spacial score (nSPS) is 12.6. The molecule has 2 aromatic carbocycles. The number of hydrogen-bond acceptors (Lipinski definition) is 7. The van der Waals surface area contributed by atoms with Gasteiger partial charge >= 0.3 is 11.8 Å². The fourth-order valence-electron chi connectivity index (χ4n) is 3.99. The van der Waals surface area contributed by atoms with E-state index in [2.05, 4.69) is 4.99 Å². The van der Waals surface area contributed by atoms with Crippen LogP contribution in [-0.4, -0.2) is 48.6 Å². The number of furan rings is 1. The van der Waals surface area contributed by atoms with E-state index in [1.165, 1.54) is 13.8 Å². The highest BCUT2D eigenvalue weighted by molar-refractivity contribution is 6.06. The largest absolute Gasteiger partial charge is 0.511 e. The Hall–Kier alpha value is -4.88. The fourth-order valence-corrected chi connectivity index (χ4v) is 3.99. The van der Waals surface area contributed by atoms with Gasteiger partial charge in [0, 0.05) is 13.3 Å². The maximum atomic E-state index is 12.6. The molecule has 0 radical (unpaired) electrons. The zero-order valence-corrected chi connectivity index (χ0v) is 22.4. The topological polar surface area (TPSA) is 161 Å². The number of aliphatic hydroxyl groups is 2. The summed E-state index contributed by atoms with van der Waals surface area (Å²) in [5.41, 5.74) is 2.59. The van der Waals surface area contributed by atoms with Crippen molar-refractivity contribution < 1.29 is 44.0 Å². The molecule has 0 fully saturated rings. The molecule has 0 aliphatic rings. The van der Waals surface area contributed by atoms with Crippen LogP contribution in [0.3, 0.4) is 0 Å². The van der Waals surface area contributed by atoms with E-state index in [0.29, 0.717) is 46.6 Å². The van der Waals surface area contributed by atoms with E-state index in [1.807, 2.05) is 18.2 Å². The van der Waals surface area contributed by atoms with Crippen molar-refractivity contribution in [3.63, 3.8) is 0 Å². The van der Waals surface area contributed by atoms with Crippen LogP contribution in [0.4, 0.5) is 5.69 Å². The first kappa shape index (κ1) is 28.7. The van der Waals surface area contributed by atoms with Gasteiger partial charge in [-0.1, -0.05) is 12.1 Å². The second-order valence-electron chi connectivity index (χ2n) is 8.77.